The number of aryl methyl sites for hydroxylation is 2. The maximum Gasteiger partial charge on any atom is 0.0931 e. The van der Waals surface area contributed by atoms with Gasteiger partial charge in [-0.1, -0.05) is 46.6 Å². The average Bonchev–Trinajstić information content (AvgIpc) is 2.85. The molecule has 0 radical (unpaired) electrons. The molecule has 0 saturated carbocycles. The Hall–Kier alpha value is -0.350. The van der Waals surface area contributed by atoms with Crippen molar-refractivity contribution in [1.29, 1.82) is 0 Å². The first-order valence-corrected chi connectivity index (χ1v) is 9.24. The van der Waals surface area contributed by atoms with E-state index in [0.29, 0.717) is 6.04 Å². The van der Waals surface area contributed by atoms with E-state index >= 15 is 0 Å². The maximum absolute atomic E-state index is 6.06. The van der Waals surface area contributed by atoms with Crippen LogP contribution < -0.4 is 5.32 Å². The number of nitrogens with one attached hydrogen (secondary N) is 1. The van der Waals surface area contributed by atoms with Crippen LogP contribution in [0, 0.1) is 13.8 Å². The molecule has 1 heterocycles. The summed E-state index contributed by atoms with van der Waals surface area (Å²) in [6, 6.07) is 9.01. The van der Waals surface area contributed by atoms with Gasteiger partial charge in [-0.3, -0.25) is 0 Å². The van der Waals surface area contributed by atoms with Gasteiger partial charge >= 0.3 is 0 Å². The van der Waals surface area contributed by atoms with Crippen molar-refractivity contribution in [3.63, 3.8) is 0 Å². The zero-order valence-corrected chi connectivity index (χ0v) is 15.8. The first-order valence-electron chi connectivity index (χ1n) is 7.25. The highest BCUT2D eigenvalue weighted by Crippen LogP contribution is 2.30. The van der Waals surface area contributed by atoms with E-state index < -0.39 is 0 Å². The van der Waals surface area contributed by atoms with Crippen LogP contribution in [0.2, 0.25) is 4.34 Å². The molecule has 114 valence electrons. The molecule has 0 aliphatic heterocycles. The molecule has 1 unspecified atom stereocenters. The molecule has 21 heavy (non-hydrogen) atoms. The van der Waals surface area contributed by atoms with Crippen LogP contribution in [0.25, 0.3) is 0 Å². The highest BCUT2D eigenvalue weighted by Gasteiger charge is 2.15. The fourth-order valence-electron chi connectivity index (χ4n) is 2.47. The number of hydrogen-bond donors (Lipinski definition) is 1. The van der Waals surface area contributed by atoms with Gasteiger partial charge in [-0.15, -0.1) is 11.3 Å². The lowest BCUT2D eigenvalue weighted by Crippen LogP contribution is -2.24. The largest absolute Gasteiger partial charge is 0.310 e. The summed E-state index contributed by atoms with van der Waals surface area (Å²) in [5, 5.41) is 3.67. The van der Waals surface area contributed by atoms with Crippen molar-refractivity contribution in [2.75, 3.05) is 6.54 Å². The van der Waals surface area contributed by atoms with Gasteiger partial charge in [-0.25, -0.2) is 0 Å². The predicted molar refractivity (Wildman–Crippen MR) is 97.7 cm³/mol. The van der Waals surface area contributed by atoms with Gasteiger partial charge in [0.1, 0.15) is 0 Å². The standard InChI is InChI=1S/C17H21BrClNS/c1-4-7-20-15(10-14-5-6-16(19)21-14)13-8-11(2)17(18)12(3)9-13/h5-6,8-9,15,20H,4,7,10H2,1-3H3. The number of rotatable bonds is 6. The van der Waals surface area contributed by atoms with Crippen molar-refractivity contribution < 1.29 is 0 Å². The van der Waals surface area contributed by atoms with Gasteiger partial charge in [0.25, 0.3) is 0 Å². The SMILES string of the molecule is CCCNC(Cc1ccc(Cl)s1)c1cc(C)c(Br)c(C)c1. The van der Waals surface area contributed by atoms with Gasteiger partial charge in [-0.2, -0.15) is 0 Å². The zero-order chi connectivity index (χ0) is 15.4. The molecular formula is C17H21BrClNS. The third-order valence-corrected chi connectivity index (χ3v) is 6.04. The summed E-state index contributed by atoms with van der Waals surface area (Å²) in [5.74, 6) is 0. The molecule has 1 nitrogen and oxygen atoms in total. The zero-order valence-electron chi connectivity index (χ0n) is 12.7. The van der Waals surface area contributed by atoms with Gasteiger partial charge in [0.05, 0.1) is 4.34 Å². The first-order chi connectivity index (χ1) is 10.0. The van der Waals surface area contributed by atoms with Gasteiger partial charge in [0.15, 0.2) is 0 Å². The van der Waals surface area contributed by atoms with E-state index in [2.05, 4.69) is 60.2 Å². The fraction of sp³-hybridized carbons (Fsp3) is 0.412. The Morgan fingerprint density at radius 2 is 1.90 bits per heavy atom. The van der Waals surface area contributed by atoms with Gasteiger partial charge in [0, 0.05) is 21.8 Å². The minimum atomic E-state index is 0.338. The lowest BCUT2D eigenvalue weighted by atomic mass is 9.98. The quantitative estimate of drug-likeness (QED) is 0.636. The molecule has 1 N–H and O–H groups in total. The van der Waals surface area contributed by atoms with Crippen molar-refractivity contribution in [2.45, 2.75) is 39.7 Å². The Labute approximate surface area is 144 Å². The second-order valence-corrected chi connectivity index (χ2v) is 7.98. The van der Waals surface area contributed by atoms with Crippen molar-refractivity contribution in [3.8, 4) is 0 Å². The molecule has 0 saturated heterocycles. The Morgan fingerprint density at radius 1 is 1.24 bits per heavy atom. The van der Waals surface area contributed by atoms with Crippen molar-refractivity contribution in [3.05, 3.63) is 54.6 Å². The summed E-state index contributed by atoms with van der Waals surface area (Å²) < 4.78 is 2.07. The smallest absolute Gasteiger partial charge is 0.0931 e. The van der Waals surface area contributed by atoms with Crippen LogP contribution in [0.1, 0.15) is 41.0 Å². The van der Waals surface area contributed by atoms with E-state index in [1.165, 1.54) is 26.0 Å². The van der Waals surface area contributed by atoms with E-state index in [-0.39, 0.29) is 0 Å². The highest BCUT2D eigenvalue weighted by molar-refractivity contribution is 9.10. The first kappa shape index (κ1) is 17.0. The summed E-state index contributed by atoms with van der Waals surface area (Å²) >= 11 is 11.4. The summed E-state index contributed by atoms with van der Waals surface area (Å²) in [6.07, 6.45) is 2.12. The minimum Gasteiger partial charge on any atom is -0.310 e. The normalized spacial score (nSPS) is 12.6. The Balaban J connectivity index is 2.26. The molecule has 0 amide bonds. The van der Waals surface area contributed by atoms with Crippen molar-refractivity contribution in [2.24, 2.45) is 0 Å². The molecule has 0 aliphatic carbocycles. The number of halogens is 2. The van der Waals surface area contributed by atoms with Crippen LogP contribution in [0.4, 0.5) is 0 Å². The van der Waals surface area contributed by atoms with Gasteiger partial charge in [-0.05, 0) is 55.6 Å². The second kappa shape index (κ2) is 7.77. The lowest BCUT2D eigenvalue weighted by molar-refractivity contribution is 0.531. The monoisotopic (exact) mass is 385 g/mol. The van der Waals surface area contributed by atoms with Crippen LogP contribution in [-0.4, -0.2) is 6.54 Å². The van der Waals surface area contributed by atoms with Crippen LogP contribution >= 0.6 is 38.9 Å². The Kier molecular flexibility index (Phi) is 6.30. The molecule has 1 aromatic heterocycles. The van der Waals surface area contributed by atoms with Crippen molar-refractivity contribution >= 4 is 38.9 Å². The molecule has 1 atom stereocenters. The third-order valence-electron chi connectivity index (χ3n) is 3.54. The molecule has 0 spiro atoms. The highest BCUT2D eigenvalue weighted by atomic mass is 79.9. The van der Waals surface area contributed by atoms with Crippen molar-refractivity contribution in [1.82, 2.24) is 5.32 Å². The number of thiophene rings is 1. The maximum atomic E-state index is 6.06. The fourth-order valence-corrected chi connectivity index (χ4v) is 3.83. The molecule has 0 bridgehead atoms. The van der Waals surface area contributed by atoms with Crippen LogP contribution in [0.15, 0.2) is 28.7 Å². The minimum absolute atomic E-state index is 0.338. The van der Waals surface area contributed by atoms with E-state index in [0.717, 1.165) is 23.7 Å². The summed E-state index contributed by atoms with van der Waals surface area (Å²) in [4.78, 5) is 1.33. The lowest BCUT2D eigenvalue weighted by Gasteiger charge is -2.20. The number of hydrogen-bond acceptors (Lipinski definition) is 2. The average molecular weight is 387 g/mol. The van der Waals surface area contributed by atoms with E-state index in [1.807, 2.05) is 6.07 Å². The van der Waals surface area contributed by atoms with Gasteiger partial charge in [0.2, 0.25) is 0 Å². The van der Waals surface area contributed by atoms with Crippen LogP contribution in [0.5, 0.6) is 0 Å². The summed E-state index contributed by atoms with van der Waals surface area (Å²) in [7, 11) is 0. The third kappa shape index (κ3) is 4.56. The molecule has 0 fully saturated rings. The van der Waals surface area contributed by atoms with E-state index in [4.69, 9.17) is 11.6 Å². The summed E-state index contributed by atoms with van der Waals surface area (Å²) in [5.41, 5.74) is 3.93. The molecule has 0 aliphatic rings. The molecule has 2 rings (SSSR count). The topological polar surface area (TPSA) is 12.0 Å². The Morgan fingerprint density at radius 3 is 2.43 bits per heavy atom. The van der Waals surface area contributed by atoms with E-state index in [9.17, 15) is 0 Å². The van der Waals surface area contributed by atoms with Crippen LogP contribution in [-0.2, 0) is 6.42 Å². The predicted octanol–water partition coefficient (Wildman–Crippen LogP) is 6.06. The summed E-state index contributed by atoms with van der Waals surface area (Å²) in [6.45, 7) is 7.53. The van der Waals surface area contributed by atoms with Crippen LogP contribution in [0.3, 0.4) is 0 Å². The molecular weight excluding hydrogens is 366 g/mol. The number of benzene rings is 1. The van der Waals surface area contributed by atoms with E-state index in [1.54, 1.807) is 11.3 Å². The Bertz CT molecular complexity index is 586. The second-order valence-electron chi connectivity index (χ2n) is 5.39. The molecule has 4 heteroatoms. The van der Waals surface area contributed by atoms with Gasteiger partial charge < -0.3 is 5.32 Å². The molecule has 1 aromatic carbocycles. The molecule has 2 aromatic rings.